The predicted octanol–water partition coefficient (Wildman–Crippen LogP) is 0.422. The zero-order valence-corrected chi connectivity index (χ0v) is 7.92. The normalized spacial score (nSPS) is 12.3. The minimum absolute atomic E-state index is 0.435. The van der Waals surface area contributed by atoms with E-state index in [-0.39, 0.29) is 0 Å². The fraction of sp³-hybridized carbons (Fsp3) is 0.100. The lowest BCUT2D eigenvalue weighted by Gasteiger charge is -2.09. The van der Waals surface area contributed by atoms with Crippen molar-refractivity contribution in [2.75, 3.05) is 0 Å². The number of benzene rings is 1. The highest BCUT2D eigenvalue weighted by molar-refractivity contribution is 5.84. The molecule has 2 aromatic rings. The minimum atomic E-state index is -0.537. The lowest BCUT2D eigenvalue weighted by atomic mass is 9.96. The molecule has 76 valence electrons. The van der Waals surface area contributed by atoms with Gasteiger partial charge >= 0.3 is 0 Å². The van der Waals surface area contributed by atoms with Crippen LogP contribution in [-0.4, -0.2) is 21.3 Å². The monoisotopic (exact) mass is 202 g/mol. The Kier molecular flexibility index (Phi) is 2.45. The van der Waals surface area contributed by atoms with Gasteiger partial charge in [0.25, 0.3) is 0 Å². The molecule has 0 radical (unpaired) electrons. The van der Waals surface area contributed by atoms with Gasteiger partial charge in [-0.05, 0) is 5.56 Å². The highest BCUT2D eigenvalue weighted by atomic mass is 16.1. The molecule has 0 aliphatic carbocycles. The molecule has 1 aromatic carbocycles. The van der Waals surface area contributed by atoms with E-state index in [1.165, 1.54) is 0 Å². The van der Waals surface area contributed by atoms with Gasteiger partial charge in [-0.25, -0.2) is 0 Å². The molecular formula is C10H10N4O. The Bertz CT molecular complexity index is 438. The SMILES string of the molecule is NC(=O)C(c1ccccc1)c1c[nH]nn1. The Morgan fingerprint density at radius 2 is 2.07 bits per heavy atom. The molecule has 5 heteroatoms. The first-order valence-corrected chi connectivity index (χ1v) is 4.49. The fourth-order valence-electron chi connectivity index (χ4n) is 1.48. The third-order valence-corrected chi connectivity index (χ3v) is 2.15. The van der Waals surface area contributed by atoms with E-state index in [2.05, 4.69) is 15.4 Å². The average molecular weight is 202 g/mol. The summed E-state index contributed by atoms with van der Waals surface area (Å²) in [4.78, 5) is 11.3. The maximum atomic E-state index is 11.3. The Morgan fingerprint density at radius 1 is 1.33 bits per heavy atom. The molecule has 1 heterocycles. The van der Waals surface area contributed by atoms with Crippen molar-refractivity contribution >= 4 is 5.91 Å². The minimum Gasteiger partial charge on any atom is -0.369 e. The van der Waals surface area contributed by atoms with Crippen LogP contribution >= 0.6 is 0 Å². The van der Waals surface area contributed by atoms with Gasteiger partial charge in [0, 0.05) is 6.20 Å². The van der Waals surface area contributed by atoms with Gasteiger partial charge in [0.1, 0.15) is 5.92 Å². The topological polar surface area (TPSA) is 84.7 Å². The molecule has 0 aliphatic heterocycles. The summed E-state index contributed by atoms with van der Waals surface area (Å²) in [5, 5.41) is 9.94. The van der Waals surface area contributed by atoms with Crippen LogP contribution in [0.5, 0.6) is 0 Å². The number of nitrogens with zero attached hydrogens (tertiary/aromatic N) is 2. The molecule has 5 nitrogen and oxygen atoms in total. The predicted molar refractivity (Wildman–Crippen MR) is 53.9 cm³/mol. The van der Waals surface area contributed by atoms with E-state index in [1.807, 2.05) is 30.3 Å². The van der Waals surface area contributed by atoms with Crippen molar-refractivity contribution < 1.29 is 4.79 Å². The molecule has 0 fully saturated rings. The zero-order valence-electron chi connectivity index (χ0n) is 7.92. The molecule has 0 aliphatic rings. The molecule has 0 saturated carbocycles. The van der Waals surface area contributed by atoms with Gasteiger partial charge in [-0.1, -0.05) is 35.5 Å². The molecule has 1 aromatic heterocycles. The molecule has 0 bridgehead atoms. The van der Waals surface area contributed by atoms with Crippen LogP contribution < -0.4 is 5.73 Å². The van der Waals surface area contributed by atoms with Crippen molar-refractivity contribution in [3.63, 3.8) is 0 Å². The molecule has 15 heavy (non-hydrogen) atoms. The van der Waals surface area contributed by atoms with Gasteiger partial charge < -0.3 is 5.73 Å². The van der Waals surface area contributed by atoms with Crippen LogP contribution in [0.1, 0.15) is 17.2 Å². The van der Waals surface area contributed by atoms with Crippen LogP contribution in [0.2, 0.25) is 0 Å². The number of rotatable bonds is 3. The Hall–Kier alpha value is -2.17. The lowest BCUT2D eigenvalue weighted by molar-refractivity contribution is -0.118. The maximum absolute atomic E-state index is 11.3. The largest absolute Gasteiger partial charge is 0.369 e. The van der Waals surface area contributed by atoms with Crippen molar-refractivity contribution in [2.45, 2.75) is 5.92 Å². The summed E-state index contributed by atoms with van der Waals surface area (Å²) < 4.78 is 0. The number of H-pyrrole nitrogens is 1. The summed E-state index contributed by atoms with van der Waals surface area (Å²) in [6, 6.07) is 9.26. The molecule has 1 unspecified atom stereocenters. The van der Waals surface area contributed by atoms with Crippen LogP contribution in [0.25, 0.3) is 0 Å². The summed E-state index contributed by atoms with van der Waals surface area (Å²) >= 11 is 0. The van der Waals surface area contributed by atoms with Gasteiger partial charge in [0.05, 0.1) is 5.69 Å². The number of aromatic amines is 1. The number of aromatic nitrogens is 3. The number of primary amides is 1. The highest BCUT2D eigenvalue weighted by Crippen LogP contribution is 2.21. The second-order valence-electron chi connectivity index (χ2n) is 3.14. The molecule has 0 saturated heterocycles. The van der Waals surface area contributed by atoms with Crippen molar-refractivity contribution in [3.05, 3.63) is 47.8 Å². The molecule has 0 spiro atoms. The third-order valence-electron chi connectivity index (χ3n) is 2.15. The molecule has 1 atom stereocenters. The van der Waals surface area contributed by atoms with Gasteiger partial charge in [-0.15, -0.1) is 5.10 Å². The first kappa shape index (κ1) is 9.39. The zero-order chi connectivity index (χ0) is 10.7. The Balaban J connectivity index is 2.42. The lowest BCUT2D eigenvalue weighted by Crippen LogP contribution is -2.22. The summed E-state index contributed by atoms with van der Waals surface area (Å²) in [6.07, 6.45) is 1.57. The van der Waals surface area contributed by atoms with Gasteiger partial charge in [-0.3, -0.25) is 9.89 Å². The maximum Gasteiger partial charge on any atom is 0.231 e. The number of nitrogens with two attached hydrogens (primary N) is 1. The van der Waals surface area contributed by atoms with E-state index in [0.717, 1.165) is 5.56 Å². The van der Waals surface area contributed by atoms with E-state index < -0.39 is 11.8 Å². The Morgan fingerprint density at radius 3 is 2.60 bits per heavy atom. The van der Waals surface area contributed by atoms with Gasteiger partial charge in [0.2, 0.25) is 5.91 Å². The van der Waals surface area contributed by atoms with E-state index >= 15 is 0 Å². The van der Waals surface area contributed by atoms with Crippen molar-refractivity contribution in [3.8, 4) is 0 Å². The fourth-order valence-corrected chi connectivity index (χ4v) is 1.48. The highest BCUT2D eigenvalue weighted by Gasteiger charge is 2.22. The average Bonchev–Trinajstić information content (AvgIpc) is 2.72. The standard InChI is InChI=1S/C10H10N4O/c11-10(15)9(8-6-12-14-13-8)7-4-2-1-3-5-7/h1-6,9H,(H2,11,15)(H,12,13,14). The van der Waals surface area contributed by atoms with Crippen molar-refractivity contribution in [1.29, 1.82) is 0 Å². The summed E-state index contributed by atoms with van der Waals surface area (Å²) in [6.45, 7) is 0. The first-order chi connectivity index (χ1) is 7.29. The first-order valence-electron chi connectivity index (χ1n) is 4.49. The molecular weight excluding hydrogens is 192 g/mol. The number of carbonyl (C=O) groups excluding carboxylic acids is 1. The van der Waals surface area contributed by atoms with E-state index in [4.69, 9.17) is 5.73 Å². The van der Waals surface area contributed by atoms with Crippen LogP contribution in [0.4, 0.5) is 0 Å². The quantitative estimate of drug-likeness (QED) is 0.756. The van der Waals surface area contributed by atoms with Crippen LogP contribution in [0, 0.1) is 0 Å². The number of hydrogen-bond acceptors (Lipinski definition) is 3. The van der Waals surface area contributed by atoms with E-state index in [0.29, 0.717) is 5.69 Å². The third kappa shape index (κ3) is 1.85. The van der Waals surface area contributed by atoms with Crippen LogP contribution in [0.3, 0.4) is 0 Å². The molecule has 3 N–H and O–H groups in total. The Labute approximate surface area is 86.3 Å². The summed E-state index contributed by atoms with van der Waals surface area (Å²) in [7, 11) is 0. The summed E-state index contributed by atoms with van der Waals surface area (Å²) in [5.41, 5.74) is 6.69. The summed E-state index contributed by atoms with van der Waals surface area (Å²) in [5.74, 6) is -0.972. The van der Waals surface area contributed by atoms with Crippen LogP contribution in [0.15, 0.2) is 36.5 Å². The molecule has 2 rings (SSSR count). The number of amides is 1. The number of nitrogens with one attached hydrogen (secondary N) is 1. The van der Waals surface area contributed by atoms with Crippen molar-refractivity contribution in [2.24, 2.45) is 5.73 Å². The second kappa shape index (κ2) is 3.91. The number of hydrogen-bond donors (Lipinski definition) is 2. The van der Waals surface area contributed by atoms with Crippen LogP contribution in [-0.2, 0) is 4.79 Å². The van der Waals surface area contributed by atoms with Crippen molar-refractivity contribution in [1.82, 2.24) is 15.4 Å². The smallest absolute Gasteiger partial charge is 0.231 e. The van der Waals surface area contributed by atoms with Gasteiger partial charge in [0.15, 0.2) is 0 Å². The van der Waals surface area contributed by atoms with Gasteiger partial charge in [-0.2, -0.15) is 0 Å². The number of carbonyl (C=O) groups is 1. The van der Waals surface area contributed by atoms with E-state index in [1.54, 1.807) is 6.20 Å². The second-order valence-corrected chi connectivity index (χ2v) is 3.14. The molecule has 1 amide bonds. The van der Waals surface area contributed by atoms with E-state index in [9.17, 15) is 4.79 Å².